The lowest BCUT2D eigenvalue weighted by molar-refractivity contribution is 0.273. The molecule has 2 unspecified atom stereocenters. The molecule has 0 bridgehead atoms. The van der Waals surface area contributed by atoms with Crippen LogP contribution in [-0.4, -0.2) is 15.0 Å². The molecule has 18 heavy (non-hydrogen) atoms. The summed E-state index contributed by atoms with van der Waals surface area (Å²) in [5, 5.41) is 8.28. The monoisotopic (exact) mass is 251 g/mol. The maximum Gasteiger partial charge on any atom is 0.0829 e. The van der Waals surface area contributed by atoms with Crippen molar-refractivity contribution in [2.75, 3.05) is 0 Å². The van der Waals surface area contributed by atoms with Crippen molar-refractivity contribution in [2.45, 2.75) is 65.7 Å². The Bertz CT molecular complexity index is 319. The molecule has 0 radical (unpaired) electrons. The average Bonchev–Trinajstić information content (AvgIpc) is 2.77. The number of unbranched alkanes of at least 4 members (excludes halogenated alkanes) is 1. The van der Waals surface area contributed by atoms with Crippen LogP contribution in [0.1, 0.15) is 65.0 Å². The summed E-state index contributed by atoms with van der Waals surface area (Å²) in [6, 6.07) is 0. The van der Waals surface area contributed by atoms with Gasteiger partial charge in [-0.25, -0.2) is 0 Å². The molecule has 104 valence electrons. The van der Waals surface area contributed by atoms with E-state index in [4.69, 9.17) is 0 Å². The van der Waals surface area contributed by atoms with Crippen LogP contribution in [0.4, 0.5) is 0 Å². The Morgan fingerprint density at radius 1 is 1.11 bits per heavy atom. The van der Waals surface area contributed by atoms with E-state index >= 15 is 0 Å². The summed E-state index contributed by atoms with van der Waals surface area (Å²) in [6.07, 6.45) is 11.1. The highest BCUT2D eigenvalue weighted by Crippen LogP contribution is 2.28. The zero-order valence-electron chi connectivity index (χ0n) is 12.5. The lowest BCUT2D eigenvalue weighted by atomic mass is 9.80. The van der Waals surface area contributed by atoms with Gasteiger partial charge in [0.1, 0.15) is 0 Å². The topological polar surface area (TPSA) is 30.7 Å². The highest BCUT2D eigenvalue weighted by molar-refractivity contribution is 4.94. The molecule has 0 aliphatic heterocycles. The van der Waals surface area contributed by atoms with Crippen LogP contribution in [0.5, 0.6) is 0 Å². The predicted octanol–water partition coefficient (Wildman–Crippen LogP) is 3.99. The van der Waals surface area contributed by atoms with Crippen LogP contribution < -0.4 is 0 Å². The van der Waals surface area contributed by atoms with E-state index < -0.39 is 0 Å². The second-order valence-electron chi connectivity index (χ2n) is 5.45. The molecule has 1 heterocycles. The Balaban J connectivity index is 2.59. The van der Waals surface area contributed by atoms with E-state index in [0.717, 1.165) is 24.0 Å². The maximum absolute atomic E-state index is 4.24. The Hall–Kier alpha value is -0.860. The van der Waals surface area contributed by atoms with Crippen molar-refractivity contribution >= 4 is 0 Å². The fourth-order valence-electron chi connectivity index (χ4n) is 2.85. The van der Waals surface area contributed by atoms with Crippen molar-refractivity contribution in [1.82, 2.24) is 15.0 Å². The second-order valence-corrected chi connectivity index (χ2v) is 5.45. The summed E-state index contributed by atoms with van der Waals surface area (Å²) >= 11 is 0. The molecule has 0 saturated carbocycles. The summed E-state index contributed by atoms with van der Waals surface area (Å²) in [4.78, 5) is 0. The van der Waals surface area contributed by atoms with Gasteiger partial charge in [-0.05, 0) is 18.3 Å². The number of rotatable bonds is 9. The van der Waals surface area contributed by atoms with Crippen LogP contribution >= 0.6 is 0 Å². The molecule has 0 aliphatic carbocycles. The van der Waals surface area contributed by atoms with E-state index in [2.05, 4.69) is 37.3 Å². The second kappa shape index (κ2) is 8.28. The molecule has 1 aromatic rings. The summed E-state index contributed by atoms with van der Waals surface area (Å²) < 4.78 is 1.81. The van der Waals surface area contributed by atoms with Gasteiger partial charge >= 0.3 is 0 Å². The molecule has 0 N–H and O–H groups in total. The van der Waals surface area contributed by atoms with Gasteiger partial charge in [-0.2, -0.15) is 0 Å². The molecule has 0 aliphatic rings. The third-order valence-corrected chi connectivity index (χ3v) is 3.90. The number of hydrogen-bond acceptors (Lipinski definition) is 2. The minimum absolute atomic E-state index is 0.771. The first-order valence-corrected chi connectivity index (χ1v) is 7.56. The first-order chi connectivity index (χ1) is 8.71. The largest absolute Gasteiger partial charge is 0.255 e. The fraction of sp³-hybridized carbons (Fsp3) is 0.867. The van der Waals surface area contributed by atoms with Gasteiger partial charge in [0.2, 0.25) is 0 Å². The Morgan fingerprint density at radius 2 is 1.89 bits per heavy atom. The Labute approximate surface area is 112 Å². The van der Waals surface area contributed by atoms with Crippen LogP contribution in [0.15, 0.2) is 6.20 Å². The highest BCUT2D eigenvalue weighted by Gasteiger charge is 2.20. The predicted molar refractivity (Wildman–Crippen MR) is 76.4 cm³/mol. The van der Waals surface area contributed by atoms with Gasteiger partial charge in [0, 0.05) is 13.2 Å². The quantitative estimate of drug-likeness (QED) is 0.664. The van der Waals surface area contributed by atoms with Crippen LogP contribution in [-0.2, 0) is 13.5 Å². The van der Waals surface area contributed by atoms with Gasteiger partial charge in [0.15, 0.2) is 0 Å². The molecule has 1 aromatic heterocycles. The smallest absolute Gasteiger partial charge is 0.0829 e. The lowest BCUT2D eigenvalue weighted by Crippen LogP contribution is -2.17. The van der Waals surface area contributed by atoms with Gasteiger partial charge in [0.05, 0.1) is 5.69 Å². The highest BCUT2D eigenvalue weighted by atomic mass is 15.4. The van der Waals surface area contributed by atoms with Crippen LogP contribution in [0.25, 0.3) is 0 Å². The minimum Gasteiger partial charge on any atom is -0.255 e. The number of nitrogens with zero attached hydrogens (tertiary/aromatic N) is 3. The Kier molecular flexibility index (Phi) is 6.99. The minimum atomic E-state index is 0.771. The zero-order valence-corrected chi connectivity index (χ0v) is 12.5. The molecule has 3 nitrogen and oxygen atoms in total. The van der Waals surface area contributed by atoms with E-state index in [1.807, 2.05) is 11.7 Å². The summed E-state index contributed by atoms with van der Waals surface area (Å²) in [6.45, 7) is 6.90. The molecule has 0 amide bonds. The molecule has 3 heteroatoms. The van der Waals surface area contributed by atoms with Crippen molar-refractivity contribution < 1.29 is 0 Å². The van der Waals surface area contributed by atoms with Gasteiger partial charge < -0.3 is 0 Å². The third-order valence-electron chi connectivity index (χ3n) is 3.90. The van der Waals surface area contributed by atoms with E-state index in [1.54, 1.807) is 0 Å². The molecule has 0 aromatic carbocycles. The summed E-state index contributed by atoms with van der Waals surface area (Å²) in [5.74, 6) is 1.63. The fourth-order valence-corrected chi connectivity index (χ4v) is 2.85. The van der Waals surface area contributed by atoms with E-state index in [0.29, 0.717) is 0 Å². The van der Waals surface area contributed by atoms with E-state index in [1.165, 1.54) is 38.5 Å². The number of aryl methyl sites for hydroxylation is 1. The number of hydrogen-bond donors (Lipinski definition) is 0. The van der Waals surface area contributed by atoms with Crippen LogP contribution in [0.2, 0.25) is 0 Å². The van der Waals surface area contributed by atoms with Crippen molar-refractivity contribution in [3.05, 3.63) is 11.9 Å². The van der Waals surface area contributed by atoms with Gasteiger partial charge in [-0.3, -0.25) is 4.68 Å². The van der Waals surface area contributed by atoms with Crippen molar-refractivity contribution in [2.24, 2.45) is 18.9 Å². The molecule has 0 saturated heterocycles. The third kappa shape index (κ3) is 4.79. The van der Waals surface area contributed by atoms with Crippen molar-refractivity contribution in [1.29, 1.82) is 0 Å². The summed E-state index contributed by atoms with van der Waals surface area (Å²) in [7, 11) is 1.94. The molecular weight excluding hydrogens is 222 g/mol. The van der Waals surface area contributed by atoms with Crippen LogP contribution in [0.3, 0.4) is 0 Å². The van der Waals surface area contributed by atoms with Gasteiger partial charge in [0.25, 0.3) is 0 Å². The normalized spacial score (nSPS) is 14.7. The number of aromatic nitrogens is 3. The summed E-state index contributed by atoms with van der Waals surface area (Å²) in [5.41, 5.74) is 1.15. The van der Waals surface area contributed by atoms with Crippen molar-refractivity contribution in [3.8, 4) is 0 Å². The molecule has 1 rings (SSSR count). The first-order valence-electron chi connectivity index (χ1n) is 7.56. The van der Waals surface area contributed by atoms with Crippen molar-refractivity contribution in [3.63, 3.8) is 0 Å². The molecule has 2 atom stereocenters. The van der Waals surface area contributed by atoms with E-state index in [9.17, 15) is 0 Å². The molecular formula is C15H29N3. The Morgan fingerprint density at radius 3 is 2.39 bits per heavy atom. The molecule has 0 fully saturated rings. The zero-order chi connectivity index (χ0) is 13.4. The maximum atomic E-state index is 4.24. The van der Waals surface area contributed by atoms with Gasteiger partial charge in [-0.15, -0.1) is 5.10 Å². The van der Waals surface area contributed by atoms with Crippen LogP contribution in [0, 0.1) is 11.8 Å². The van der Waals surface area contributed by atoms with Gasteiger partial charge in [-0.1, -0.05) is 64.5 Å². The standard InChI is InChI=1S/C15H29N3/c1-5-8-10-14(9-6-2)13(7-3)11-15-12-18(4)17-16-15/h12-14H,5-11H2,1-4H3. The SMILES string of the molecule is CCCCC(CCC)C(CC)Cc1cn(C)nn1. The average molecular weight is 251 g/mol. The first kappa shape index (κ1) is 15.2. The molecule has 0 spiro atoms. The lowest BCUT2D eigenvalue weighted by Gasteiger charge is -2.25. The van der Waals surface area contributed by atoms with E-state index in [-0.39, 0.29) is 0 Å².